The van der Waals surface area contributed by atoms with E-state index >= 15 is 0 Å². The summed E-state index contributed by atoms with van der Waals surface area (Å²) in [6.07, 6.45) is -7.11. The third-order valence-corrected chi connectivity index (χ3v) is 4.99. The van der Waals surface area contributed by atoms with Crippen LogP contribution in [0.15, 0.2) is 0 Å². The van der Waals surface area contributed by atoms with Gasteiger partial charge < -0.3 is 102 Å². The topological polar surface area (TPSA) is 477 Å². The van der Waals surface area contributed by atoms with E-state index in [1.807, 2.05) is 0 Å². The maximum absolute atomic E-state index is 11.5. The number of hydrogen-bond acceptors (Lipinski definition) is 33. The van der Waals surface area contributed by atoms with Crippen molar-refractivity contribution >= 4 is 49.2 Å². The van der Waals surface area contributed by atoms with Crippen molar-refractivity contribution in [1.82, 2.24) is 0 Å². The number of ether oxygens (including phenoxy) is 13. The maximum Gasteiger partial charge on any atom is 0.549 e. The number of cyclic esters (lactones) is 4. The normalized spacial score (nSPS) is 11.8. The molecule has 0 aliphatic carbocycles. The molecule has 2 saturated heterocycles. The Hall–Kier alpha value is -6.04. The van der Waals surface area contributed by atoms with E-state index in [-0.39, 0.29) is 98.2 Å². The average molecular weight is 955 g/mol. The van der Waals surface area contributed by atoms with Crippen molar-refractivity contribution in [2.24, 2.45) is 0 Å². The van der Waals surface area contributed by atoms with Gasteiger partial charge in [-0.15, -0.1) is 0 Å². The Balaban J connectivity index is -0.000000412. The molecule has 33 nitrogen and oxygen atoms in total. The Kier molecular flexibility index (Phi) is 50.1. The van der Waals surface area contributed by atoms with Crippen LogP contribution in [-0.2, 0) is 71.4 Å². The lowest BCUT2D eigenvalue weighted by atomic mass is 10.5. The third kappa shape index (κ3) is 54.0. The minimum atomic E-state index is -2.33. The van der Waals surface area contributed by atoms with Crippen LogP contribution in [0.5, 0.6) is 0 Å². The van der Waals surface area contributed by atoms with Crippen LogP contribution in [0.4, 0.5) is 38.4 Å². The molecule has 0 unspecified atom stereocenters. The molecular formula is C31H54O33. The quantitative estimate of drug-likeness (QED) is 0.0155. The van der Waals surface area contributed by atoms with Crippen LogP contribution >= 0.6 is 0 Å². The van der Waals surface area contributed by atoms with E-state index in [1.165, 1.54) is 0 Å². The molecule has 2 aliphatic heterocycles. The highest BCUT2D eigenvalue weighted by Crippen LogP contribution is 2.06. The van der Waals surface area contributed by atoms with Crippen LogP contribution in [0.1, 0.15) is 44.9 Å². The molecular weight excluding hydrogens is 900 g/mol. The highest BCUT2D eigenvalue weighted by atomic mass is 17.3. The smallest absolute Gasteiger partial charge is 0.434 e. The Morgan fingerprint density at radius 3 is 0.938 bits per heavy atom. The molecule has 2 heterocycles. The average Bonchev–Trinajstić information content (AvgIpc) is 3.25. The fraction of sp³-hybridized carbons (Fsp3) is 0.742. The lowest BCUT2D eigenvalue weighted by Crippen LogP contribution is -2.31. The molecule has 0 bridgehead atoms. The first-order valence-corrected chi connectivity index (χ1v) is 17.9. The second-order valence-corrected chi connectivity index (χ2v) is 9.99. The summed E-state index contributed by atoms with van der Waals surface area (Å²) < 4.78 is 56.9. The van der Waals surface area contributed by atoms with Gasteiger partial charge in [0.05, 0.1) is 59.5 Å². The molecule has 64 heavy (non-hydrogen) atoms. The SMILES string of the molecule is O=C(OCCCO)OC(=O)OC(OC(=O)OCCCO)OC(=O)OCCCO.O=C(OCCCO)OOC(=O)OCCCO.O=C1OCCCO1.O=C1OCCCO1.OC(O)O.OO. The summed E-state index contributed by atoms with van der Waals surface area (Å²) in [5.41, 5.74) is 0. The molecule has 0 aromatic rings. The van der Waals surface area contributed by atoms with E-state index in [9.17, 15) is 38.4 Å². The predicted octanol–water partition coefficient (Wildman–Crippen LogP) is -0.663. The largest absolute Gasteiger partial charge is 0.549 e. The highest BCUT2D eigenvalue weighted by molar-refractivity contribution is 5.77. The van der Waals surface area contributed by atoms with E-state index in [2.05, 4.69) is 71.4 Å². The first kappa shape index (κ1) is 64.6. The van der Waals surface area contributed by atoms with Gasteiger partial charge in [-0.3, -0.25) is 10.5 Å². The van der Waals surface area contributed by atoms with Crippen molar-refractivity contribution in [2.75, 3.05) is 92.5 Å². The van der Waals surface area contributed by atoms with Gasteiger partial charge in [0, 0.05) is 78.0 Å². The fourth-order valence-electron chi connectivity index (χ4n) is 2.54. The third-order valence-electron chi connectivity index (χ3n) is 4.99. The lowest BCUT2D eigenvalue weighted by Gasteiger charge is -2.16. The van der Waals surface area contributed by atoms with E-state index < -0.39 is 62.2 Å². The van der Waals surface area contributed by atoms with E-state index in [1.54, 1.807) is 0 Å². The molecule has 0 spiro atoms. The van der Waals surface area contributed by atoms with Crippen LogP contribution in [0.3, 0.4) is 0 Å². The Morgan fingerprint density at radius 1 is 0.438 bits per heavy atom. The minimum absolute atomic E-state index is 0.0434. The van der Waals surface area contributed by atoms with E-state index in [4.69, 9.17) is 51.4 Å². The molecule has 0 saturated carbocycles. The highest BCUT2D eigenvalue weighted by Gasteiger charge is 2.28. The van der Waals surface area contributed by atoms with Gasteiger partial charge in [-0.05, 0) is 0 Å². The standard InChI is InChI=1S/C14H22O14.C8H14O8.2C4H6O3.CH4O3.H2O2/c15-4-1-7-22-10(18)25-13(21)28-14(26-11(19)23-8-2-5-16)27-12(20)24-9-3-6-17;9-3-1-5-13-7(11)15-16-8(12)14-6-2-4-10;2*5-4-6-2-1-3-7-4;2-1(3)4;1-2/h14-17H,1-9H2;9-10H,1-6H2;2*1-3H2;1-4H;1-2H. The van der Waals surface area contributed by atoms with E-state index in [0.717, 1.165) is 12.8 Å². The fourth-order valence-corrected chi connectivity index (χ4v) is 2.54. The van der Waals surface area contributed by atoms with Gasteiger partial charge >= 0.3 is 55.7 Å². The summed E-state index contributed by atoms with van der Waals surface area (Å²) in [5.74, 6) is 0. The second-order valence-electron chi connectivity index (χ2n) is 9.99. The number of hydrogen-bond donors (Lipinski definition) is 10. The zero-order chi connectivity index (χ0) is 49.2. The molecule has 2 fully saturated rings. The van der Waals surface area contributed by atoms with Gasteiger partial charge in [-0.1, -0.05) is 0 Å². The number of carbonyl (C=O) groups is 8. The minimum Gasteiger partial charge on any atom is -0.434 e. The number of carbonyl (C=O) groups excluding carboxylic acids is 8. The van der Waals surface area contributed by atoms with Crippen molar-refractivity contribution in [1.29, 1.82) is 0 Å². The summed E-state index contributed by atoms with van der Waals surface area (Å²) in [6.45, 7) is -4.33. The molecule has 2 rings (SSSR count). The van der Waals surface area contributed by atoms with Gasteiger partial charge in [0.25, 0.3) is 6.48 Å². The van der Waals surface area contributed by atoms with Crippen molar-refractivity contribution in [3.05, 3.63) is 0 Å². The van der Waals surface area contributed by atoms with Crippen LogP contribution in [0.25, 0.3) is 0 Å². The van der Waals surface area contributed by atoms with Crippen LogP contribution in [0.2, 0.25) is 0 Å². The number of rotatable bonds is 18. The number of aliphatic hydroxyl groups is 8. The summed E-state index contributed by atoms with van der Waals surface area (Å²) in [6, 6.07) is 0. The van der Waals surface area contributed by atoms with Crippen LogP contribution in [0, 0.1) is 0 Å². The monoisotopic (exact) mass is 954 g/mol. The molecule has 2 aliphatic rings. The molecule has 0 aromatic heterocycles. The summed E-state index contributed by atoms with van der Waals surface area (Å²) in [7, 11) is 0. The van der Waals surface area contributed by atoms with Crippen molar-refractivity contribution in [3.8, 4) is 0 Å². The molecule has 0 radical (unpaired) electrons. The Morgan fingerprint density at radius 2 is 0.688 bits per heavy atom. The summed E-state index contributed by atoms with van der Waals surface area (Å²) in [4.78, 5) is 94.6. The van der Waals surface area contributed by atoms with Gasteiger partial charge in [0.2, 0.25) is 0 Å². The predicted molar refractivity (Wildman–Crippen MR) is 190 cm³/mol. The van der Waals surface area contributed by atoms with Crippen molar-refractivity contribution in [3.63, 3.8) is 0 Å². The van der Waals surface area contributed by atoms with Gasteiger partial charge in [-0.2, -0.15) is 19.4 Å². The zero-order valence-electron chi connectivity index (χ0n) is 33.9. The Labute approximate surface area is 361 Å². The molecule has 376 valence electrons. The number of aliphatic hydroxyl groups excluding tert-OH is 6. The van der Waals surface area contributed by atoms with Gasteiger partial charge in [-0.25, -0.2) is 28.8 Å². The van der Waals surface area contributed by atoms with Crippen LogP contribution < -0.4 is 0 Å². The van der Waals surface area contributed by atoms with Gasteiger partial charge in [0.15, 0.2) is 0 Å². The van der Waals surface area contributed by atoms with Gasteiger partial charge in [0.1, 0.15) is 0 Å². The second kappa shape index (κ2) is 49.6. The van der Waals surface area contributed by atoms with Crippen molar-refractivity contribution < 1.29 is 161 Å². The molecule has 0 atom stereocenters. The molecule has 10 N–H and O–H groups in total. The molecule has 0 aromatic carbocycles. The van der Waals surface area contributed by atoms with E-state index in [0.29, 0.717) is 26.4 Å². The summed E-state index contributed by atoms with van der Waals surface area (Å²) >= 11 is 0. The Bertz CT molecular complexity index is 1110. The zero-order valence-corrected chi connectivity index (χ0v) is 33.9. The summed E-state index contributed by atoms with van der Waals surface area (Å²) in [5, 5.41) is 75.9. The molecule has 0 amide bonds. The molecule has 33 heteroatoms. The van der Waals surface area contributed by atoms with Crippen molar-refractivity contribution in [2.45, 2.75) is 57.9 Å². The first-order valence-electron chi connectivity index (χ1n) is 17.9. The maximum atomic E-state index is 11.5. The lowest BCUT2D eigenvalue weighted by molar-refractivity contribution is -0.224. The van der Waals surface area contributed by atoms with Crippen LogP contribution in [-0.4, -0.2) is 206 Å². The first-order chi connectivity index (χ1) is 30.6.